The molecule has 3 aromatic rings. The smallest absolute Gasteiger partial charge is 0.276 e. The number of carbonyl (C=O) groups excluding carboxylic acids is 2. The van der Waals surface area contributed by atoms with Crippen molar-refractivity contribution in [2.75, 3.05) is 0 Å². The van der Waals surface area contributed by atoms with E-state index >= 15 is 0 Å². The summed E-state index contributed by atoms with van der Waals surface area (Å²) in [7, 11) is 0. The molecule has 0 aromatic carbocycles. The van der Waals surface area contributed by atoms with Gasteiger partial charge in [-0.2, -0.15) is 5.10 Å². The van der Waals surface area contributed by atoms with Crippen LogP contribution in [-0.4, -0.2) is 42.6 Å². The minimum atomic E-state index is -2.73. The molecule has 1 unspecified atom stereocenters. The number of imidazole rings is 1. The van der Waals surface area contributed by atoms with E-state index in [1.165, 1.54) is 0 Å². The summed E-state index contributed by atoms with van der Waals surface area (Å²) < 4.78 is 47.6. The molecule has 0 aliphatic heterocycles. The Balaban J connectivity index is 1.24. The van der Waals surface area contributed by atoms with Crippen LogP contribution in [-0.2, 0) is 4.79 Å². The first-order valence-corrected chi connectivity index (χ1v) is 14.1. The summed E-state index contributed by atoms with van der Waals surface area (Å²) >= 11 is 0. The Morgan fingerprint density at radius 1 is 1.10 bits per heavy atom. The zero-order valence-electron chi connectivity index (χ0n) is 22.9. The number of nitrogens with zero attached hydrogens (tertiary/aromatic N) is 5. The number of carbonyl (C=O) groups is 2. The first kappa shape index (κ1) is 27.4. The van der Waals surface area contributed by atoms with Crippen molar-refractivity contribution in [2.24, 2.45) is 17.8 Å². The molecule has 2 fully saturated rings. The highest BCUT2D eigenvalue weighted by Gasteiger charge is 2.40. The van der Waals surface area contributed by atoms with Crippen molar-refractivity contribution < 1.29 is 27.4 Å². The van der Waals surface area contributed by atoms with Gasteiger partial charge in [-0.3, -0.25) is 9.59 Å². The predicted molar refractivity (Wildman–Crippen MR) is 139 cm³/mol. The van der Waals surface area contributed by atoms with Crippen LogP contribution < -0.4 is 10.6 Å². The fourth-order valence-electron chi connectivity index (χ4n) is 5.91. The Hall–Kier alpha value is -3.77. The lowest BCUT2D eigenvalue weighted by Gasteiger charge is -2.33. The molecular formula is C28H32F3N7O3. The van der Waals surface area contributed by atoms with E-state index in [0.29, 0.717) is 29.0 Å². The quantitative estimate of drug-likeness (QED) is 0.373. The van der Waals surface area contributed by atoms with E-state index in [4.69, 9.17) is 4.98 Å². The Labute approximate surface area is 234 Å². The topological polar surface area (TPSA) is 127 Å². The van der Waals surface area contributed by atoms with E-state index < -0.39 is 17.9 Å². The van der Waals surface area contributed by atoms with Gasteiger partial charge in [0.05, 0.1) is 36.0 Å². The van der Waals surface area contributed by atoms with Crippen LogP contribution in [0.3, 0.4) is 0 Å². The molecule has 218 valence electrons. The molecule has 2 amide bonds. The van der Waals surface area contributed by atoms with Gasteiger partial charge in [0, 0.05) is 25.7 Å². The van der Waals surface area contributed by atoms with Gasteiger partial charge < -0.3 is 10.6 Å². The third kappa shape index (κ3) is 5.71. The van der Waals surface area contributed by atoms with Gasteiger partial charge in [-0.1, -0.05) is 5.16 Å². The van der Waals surface area contributed by atoms with Gasteiger partial charge >= 0.3 is 0 Å². The fraction of sp³-hybridized carbons (Fsp3) is 0.571. The number of allylic oxidation sites excluding steroid dienone is 2. The van der Waals surface area contributed by atoms with Gasteiger partial charge in [-0.15, -0.1) is 0 Å². The summed E-state index contributed by atoms with van der Waals surface area (Å²) in [5.74, 6) is -3.55. The minimum Gasteiger partial charge on any atom is -0.349 e. The van der Waals surface area contributed by atoms with Crippen molar-refractivity contribution in [3.63, 3.8) is 0 Å². The molecule has 0 bridgehead atoms. The van der Waals surface area contributed by atoms with Gasteiger partial charge in [0.25, 0.3) is 5.91 Å². The molecule has 10 nitrogen and oxygen atoms in total. The Morgan fingerprint density at radius 3 is 2.46 bits per heavy atom. The first-order valence-electron chi connectivity index (χ1n) is 14.1. The molecule has 0 saturated heterocycles. The number of aromatic nitrogens is 5. The number of nitrogens with one attached hydrogen (secondary N) is 2. The summed E-state index contributed by atoms with van der Waals surface area (Å²) in [6.45, 7) is 3.32. The number of fused-ring (bicyclic) bond motifs is 1. The molecule has 2 saturated carbocycles. The molecule has 3 aliphatic rings. The second-order valence-electron chi connectivity index (χ2n) is 11.7. The van der Waals surface area contributed by atoms with Crippen LogP contribution in [0.4, 0.5) is 13.2 Å². The van der Waals surface area contributed by atoms with Crippen LogP contribution >= 0.6 is 0 Å². The van der Waals surface area contributed by atoms with Crippen molar-refractivity contribution in [3.05, 3.63) is 52.5 Å². The van der Waals surface area contributed by atoms with Gasteiger partial charge in [0.1, 0.15) is 5.69 Å². The third-order valence-corrected chi connectivity index (χ3v) is 8.73. The number of alkyl halides is 2. The van der Waals surface area contributed by atoms with E-state index in [1.54, 1.807) is 30.8 Å². The summed E-state index contributed by atoms with van der Waals surface area (Å²) in [6.07, 6.45) is 5.78. The monoisotopic (exact) mass is 571 g/mol. The van der Waals surface area contributed by atoms with Crippen molar-refractivity contribution in [1.82, 2.24) is 35.5 Å². The third-order valence-electron chi connectivity index (χ3n) is 8.73. The van der Waals surface area contributed by atoms with Gasteiger partial charge in [-0.05, 0) is 79.6 Å². The number of hydrogen-bond acceptors (Lipinski definition) is 7. The second-order valence-corrected chi connectivity index (χ2v) is 11.7. The maximum Gasteiger partial charge on any atom is 0.276 e. The zero-order chi connectivity index (χ0) is 28.9. The van der Waals surface area contributed by atoms with Crippen molar-refractivity contribution in [1.29, 1.82) is 0 Å². The van der Waals surface area contributed by atoms with Crippen LogP contribution in [0.25, 0.3) is 5.65 Å². The van der Waals surface area contributed by atoms with E-state index in [0.717, 1.165) is 18.4 Å². The predicted octanol–water partition coefficient (Wildman–Crippen LogP) is 4.94. The molecule has 13 heteroatoms. The van der Waals surface area contributed by atoms with E-state index in [9.17, 15) is 22.8 Å². The molecule has 3 heterocycles. The molecule has 41 heavy (non-hydrogen) atoms. The summed E-state index contributed by atoms with van der Waals surface area (Å²) in [5.41, 5.74) is 2.80. The maximum atomic E-state index is 14.0. The van der Waals surface area contributed by atoms with Crippen molar-refractivity contribution >= 4 is 17.5 Å². The molecule has 3 aliphatic carbocycles. The summed E-state index contributed by atoms with van der Waals surface area (Å²) in [4.78, 5) is 30.6. The van der Waals surface area contributed by atoms with Crippen molar-refractivity contribution in [2.45, 2.75) is 83.2 Å². The van der Waals surface area contributed by atoms with Crippen LogP contribution in [0.1, 0.15) is 97.8 Å². The number of halogens is 3. The zero-order valence-corrected chi connectivity index (χ0v) is 22.9. The van der Waals surface area contributed by atoms with Crippen molar-refractivity contribution in [3.8, 4) is 0 Å². The van der Waals surface area contributed by atoms with Gasteiger partial charge in [0.15, 0.2) is 11.3 Å². The largest absolute Gasteiger partial charge is 0.349 e. The summed E-state index contributed by atoms with van der Waals surface area (Å²) in [6, 6.07) is 0.957. The normalized spacial score (nSPS) is 22.3. The Bertz CT molecular complexity index is 1500. The number of rotatable bonds is 9. The highest BCUT2D eigenvalue weighted by Crippen LogP contribution is 2.43. The second kappa shape index (κ2) is 10.6. The molecule has 2 N–H and O–H groups in total. The fourth-order valence-corrected chi connectivity index (χ4v) is 5.91. The SMILES string of the molecule is CC1=C(F)C[C@@H]1CC(=O)NC(c1cnn2cc([C@@H](NC(=O)c3nonc3C)C3CCC(F)(F)CC3)nc2c1)C1CC1. The number of hydrogen-bond donors (Lipinski definition) is 2. The Kier molecular flexibility index (Phi) is 7.06. The lowest BCUT2D eigenvalue weighted by atomic mass is 9.81. The lowest BCUT2D eigenvalue weighted by Crippen LogP contribution is -2.37. The van der Waals surface area contributed by atoms with E-state index in [2.05, 4.69) is 30.7 Å². The average molecular weight is 572 g/mol. The number of aryl methyl sites for hydroxylation is 1. The highest BCUT2D eigenvalue weighted by atomic mass is 19.3. The molecule has 6 rings (SSSR count). The van der Waals surface area contributed by atoms with Crippen LogP contribution in [0.2, 0.25) is 0 Å². The molecule has 3 aromatic heterocycles. The van der Waals surface area contributed by atoms with E-state index in [1.807, 2.05) is 6.07 Å². The molecule has 3 atom stereocenters. The standard InChI is InChI=1S/C28H32F3N7O3/c1-14-18(9-20(14)29)11-23(39)34-25(16-3-4-16)19-10-22-33-21(13-38(22)32-12-19)26(17-5-7-28(30,31)8-6-17)35-27(40)24-15(2)36-41-37-24/h10,12-13,16-18,25-26H,3-9,11H2,1-2H3,(H,34,39)(H,35,40)/t18-,25?,26+/m1/s1. The van der Waals surface area contributed by atoms with Gasteiger partial charge in [-0.25, -0.2) is 27.3 Å². The molecule has 0 spiro atoms. The van der Waals surface area contributed by atoms with Crippen LogP contribution in [0.15, 0.2) is 34.5 Å². The highest BCUT2D eigenvalue weighted by molar-refractivity contribution is 5.93. The first-order chi connectivity index (χ1) is 19.6. The Morgan fingerprint density at radius 2 is 1.83 bits per heavy atom. The van der Waals surface area contributed by atoms with Gasteiger partial charge in [0.2, 0.25) is 11.8 Å². The number of amides is 2. The van der Waals surface area contributed by atoms with Crippen LogP contribution in [0.5, 0.6) is 0 Å². The van der Waals surface area contributed by atoms with Crippen LogP contribution in [0, 0.1) is 24.7 Å². The maximum absolute atomic E-state index is 14.0. The summed E-state index contributed by atoms with van der Waals surface area (Å²) in [5, 5.41) is 17.9. The minimum absolute atomic E-state index is 0.0265. The lowest BCUT2D eigenvalue weighted by molar-refractivity contribution is -0.122. The average Bonchev–Trinajstić information content (AvgIpc) is 3.55. The molecule has 0 radical (unpaired) electrons. The van der Waals surface area contributed by atoms with E-state index in [-0.39, 0.29) is 73.3 Å². The molecular weight excluding hydrogens is 539 g/mol.